The molecule has 0 aliphatic rings. The predicted molar refractivity (Wildman–Crippen MR) is 218 cm³/mol. The maximum Gasteiger partial charge on any atom is 0.472 e. The van der Waals surface area contributed by atoms with Crippen molar-refractivity contribution < 1.29 is 18.5 Å². The summed E-state index contributed by atoms with van der Waals surface area (Å²) in [6, 6.07) is 0. The van der Waals surface area contributed by atoms with Gasteiger partial charge in [0.05, 0.1) is 12.2 Å². The van der Waals surface area contributed by atoms with Crippen LogP contribution in [-0.4, -0.2) is 17.1 Å². The van der Waals surface area contributed by atoms with Crippen LogP contribution in [0.15, 0.2) is 0 Å². The average molecular weight is 715 g/mol. The van der Waals surface area contributed by atoms with Crippen LogP contribution in [0.2, 0.25) is 0 Å². The van der Waals surface area contributed by atoms with Gasteiger partial charge >= 0.3 is 7.82 Å². The van der Waals surface area contributed by atoms with Crippen LogP contribution < -0.4 is 0 Å². The first kappa shape index (κ1) is 49.1. The minimum atomic E-state index is -4.11. The highest BCUT2D eigenvalue weighted by Crippen LogP contribution is 2.48. The highest BCUT2D eigenvalue weighted by Gasteiger charge is 2.30. The standard InChI is InChI=1S/C44H91O4P/c1-5-9-13-17-21-23-25-29-33-37-41-43(39-35-31-27-19-15-11-7-3)47-49(45,46)48-44(40-36-32-28-20-16-12-8-4)42-38-34-30-26-24-22-18-14-10-6-2/h43-44H,5-42H2,1-4H3,(H,45,46). The molecular weight excluding hydrogens is 623 g/mol. The minimum absolute atomic E-state index is 0.169. The summed E-state index contributed by atoms with van der Waals surface area (Å²) < 4.78 is 25.6. The summed E-state index contributed by atoms with van der Waals surface area (Å²) >= 11 is 0. The Morgan fingerprint density at radius 2 is 0.490 bits per heavy atom. The van der Waals surface area contributed by atoms with Crippen LogP contribution in [0.25, 0.3) is 0 Å². The number of phosphoric acid groups is 1. The molecule has 0 aliphatic carbocycles. The second kappa shape index (κ2) is 39.3. The second-order valence-electron chi connectivity index (χ2n) is 15.7. The molecule has 1 N–H and O–H groups in total. The van der Waals surface area contributed by atoms with E-state index in [4.69, 9.17) is 9.05 Å². The van der Waals surface area contributed by atoms with Gasteiger partial charge in [0.25, 0.3) is 0 Å². The van der Waals surface area contributed by atoms with Gasteiger partial charge in [0.15, 0.2) is 0 Å². The van der Waals surface area contributed by atoms with Gasteiger partial charge in [0.1, 0.15) is 0 Å². The normalized spacial score (nSPS) is 14.3. The monoisotopic (exact) mass is 715 g/mol. The van der Waals surface area contributed by atoms with Crippen LogP contribution in [0.4, 0.5) is 0 Å². The number of hydrogen-bond donors (Lipinski definition) is 1. The Morgan fingerprint density at radius 3 is 0.673 bits per heavy atom. The Morgan fingerprint density at radius 1 is 0.327 bits per heavy atom. The molecule has 0 rings (SSSR count). The number of phosphoric ester groups is 1. The van der Waals surface area contributed by atoms with Crippen LogP contribution in [0.5, 0.6) is 0 Å². The predicted octanol–water partition coefficient (Wildman–Crippen LogP) is 16.8. The molecule has 0 aromatic heterocycles. The minimum Gasteiger partial charge on any atom is -0.302 e. The molecule has 0 radical (unpaired) electrons. The summed E-state index contributed by atoms with van der Waals surface area (Å²) in [7, 11) is -4.11. The van der Waals surface area contributed by atoms with Crippen molar-refractivity contribution in [1.82, 2.24) is 0 Å². The fourth-order valence-electron chi connectivity index (χ4n) is 7.28. The molecule has 5 heteroatoms. The van der Waals surface area contributed by atoms with Crippen LogP contribution in [0.1, 0.15) is 272 Å². The Balaban J connectivity index is 4.87. The summed E-state index contributed by atoms with van der Waals surface area (Å²) in [6.45, 7) is 9.09. The molecule has 0 aromatic rings. The first-order chi connectivity index (χ1) is 24.0. The zero-order valence-corrected chi connectivity index (χ0v) is 35.0. The van der Waals surface area contributed by atoms with E-state index in [1.807, 2.05) is 0 Å². The summed E-state index contributed by atoms with van der Waals surface area (Å²) in [5, 5.41) is 0. The highest BCUT2D eigenvalue weighted by molar-refractivity contribution is 7.47. The van der Waals surface area contributed by atoms with Crippen LogP contribution in [0.3, 0.4) is 0 Å². The van der Waals surface area contributed by atoms with Crippen molar-refractivity contribution in [1.29, 1.82) is 0 Å². The molecule has 0 bridgehead atoms. The van der Waals surface area contributed by atoms with Crippen molar-refractivity contribution in [2.45, 2.75) is 284 Å². The van der Waals surface area contributed by atoms with Gasteiger partial charge in [-0.05, 0) is 25.7 Å². The van der Waals surface area contributed by atoms with Gasteiger partial charge in [0, 0.05) is 0 Å². The fourth-order valence-corrected chi connectivity index (χ4v) is 8.50. The molecule has 0 saturated heterocycles. The zero-order valence-electron chi connectivity index (χ0n) is 34.1. The fraction of sp³-hybridized carbons (Fsp3) is 1.00. The molecule has 0 saturated carbocycles. The van der Waals surface area contributed by atoms with E-state index in [9.17, 15) is 9.46 Å². The number of hydrogen-bond acceptors (Lipinski definition) is 3. The molecule has 0 spiro atoms. The lowest BCUT2D eigenvalue weighted by atomic mass is 10.0. The maximum absolute atomic E-state index is 13.5. The summed E-state index contributed by atoms with van der Waals surface area (Å²) in [6.07, 6.45) is 46.8. The van der Waals surface area contributed by atoms with E-state index in [1.165, 1.54) is 193 Å². The van der Waals surface area contributed by atoms with Crippen LogP contribution in [0, 0.1) is 0 Å². The molecule has 2 atom stereocenters. The summed E-state index contributed by atoms with van der Waals surface area (Å²) in [4.78, 5) is 11.1. The van der Waals surface area contributed by atoms with Crippen molar-refractivity contribution in [2.24, 2.45) is 0 Å². The lowest BCUT2D eigenvalue weighted by Gasteiger charge is -2.25. The zero-order chi connectivity index (χ0) is 35.9. The van der Waals surface area contributed by atoms with Crippen LogP contribution in [-0.2, 0) is 13.6 Å². The molecule has 0 fully saturated rings. The van der Waals surface area contributed by atoms with E-state index in [2.05, 4.69) is 27.7 Å². The molecule has 0 aliphatic heterocycles. The van der Waals surface area contributed by atoms with Crippen molar-refractivity contribution in [2.75, 3.05) is 0 Å². The van der Waals surface area contributed by atoms with Crippen molar-refractivity contribution in [3.8, 4) is 0 Å². The first-order valence-electron chi connectivity index (χ1n) is 22.7. The molecular formula is C44H91O4P. The first-order valence-corrected chi connectivity index (χ1v) is 24.2. The Hall–Kier alpha value is 0.110. The molecule has 49 heavy (non-hydrogen) atoms. The third kappa shape index (κ3) is 37.7. The highest BCUT2D eigenvalue weighted by atomic mass is 31.2. The van der Waals surface area contributed by atoms with Crippen LogP contribution >= 0.6 is 7.82 Å². The van der Waals surface area contributed by atoms with E-state index >= 15 is 0 Å². The average Bonchev–Trinajstić information content (AvgIpc) is 3.08. The Kier molecular flexibility index (Phi) is 39.4. The quantitative estimate of drug-likeness (QED) is 0.0505. The topological polar surface area (TPSA) is 55.8 Å². The number of rotatable bonds is 42. The summed E-state index contributed by atoms with van der Waals surface area (Å²) in [5.74, 6) is 0. The van der Waals surface area contributed by atoms with Crippen molar-refractivity contribution in [3.05, 3.63) is 0 Å². The molecule has 4 nitrogen and oxygen atoms in total. The van der Waals surface area contributed by atoms with Crippen molar-refractivity contribution >= 4 is 7.82 Å². The van der Waals surface area contributed by atoms with Gasteiger partial charge in [-0.15, -0.1) is 0 Å². The van der Waals surface area contributed by atoms with E-state index in [0.29, 0.717) is 0 Å². The third-order valence-corrected chi connectivity index (χ3v) is 11.7. The van der Waals surface area contributed by atoms with E-state index in [-0.39, 0.29) is 12.2 Å². The molecule has 0 aromatic carbocycles. The second-order valence-corrected chi connectivity index (χ2v) is 17.0. The largest absolute Gasteiger partial charge is 0.472 e. The third-order valence-electron chi connectivity index (χ3n) is 10.6. The van der Waals surface area contributed by atoms with Gasteiger partial charge in [-0.1, -0.05) is 246 Å². The lowest BCUT2D eigenvalue weighted by molar-refractivity contribution is 0.0575. The Labute approximate surface area is 309 Å². The summed E-state index contributed by atoms with van der Waals surface area (Å²) in [5.41, 5.74) is 0. The maximum atomic E-state index is 13.5. The molecule has 2 unspecified atom stereocenters. The number of unbranched alkanes of at least 4 members (excludes halogenated alkanes) is 30. The molecule has 0 amide bonds. The van der Waals surface area contributed by atoms with E-state index < -0.39 is 7.82 Å². The van der Waals surface area contributed by atoms with Gasteiger partial charge in [-0.25, -0.2) is 4.57 Å². The van der Waals surface area contributed by atoms with Crippen molar-refractivity contribution in [3.63, 3.8) is 0 Å². The van der Waals surface area contributed by atoms with E-state index in [1.54, 1.807) is 0 Å². The smallest absolute Gasteiger partial charge is 0.302 e. The molecule has 296 valence electrons. The van der Waals surface area contributed by atoms with Gasteiger partial charge < -0.3 is 4.89 Å². The lowest BCUT2D eigenvalue weighted by Crippen LogP contribution is -2.17. The SMILES string of the molecule is CCCCCCCCCCCCC(CCCCCCCCC)OP(=O)(O)OC(CCCCCCCCC)CCCCCCCCCCCC. The van der Waals surface area contributed by atoms with E-state index in [0.717, 1.165) is 51.4 Å². The van der Waals surface area contributed by atoms with Gasteiger partial charge in [0.2, 0.25) is 0 Å². The van der Waals surface area contributed by atoms with Gasteiger partial charge in [-0.3, -0.25) is 9.05 Å². The Bertz CT molecular complexity index is 619. The molecule has 0 heterocycles. The van der Waals surface area contributed by atoms with Gasteiger partial charge in [-0.2, -0.15) is 0 Å².